The summed E-state index contributed by atoms with van der Waals surface area (Å²) in [7, 11) is 0. The van der Waals surface area contributed by atoms with Crippen molar-refractivity contribution in [3.05, 3.63) is 11.6 Å². The van der Waals surface area contributed by atoms with Crippen LogP contribution in [0.4, 0.5) is 0 Å². The van der Waals surface area contributed by atoms with Crippen LogP contribution >= 0.6 is 11.6 Å². The molecule has 0 radical (unpaired) electrons. The summed E-state index contributed by atoms with van der Waals surface area (Å²) in [5.41, 5.74) is 1.61. The number of hydrogen-bond donors (Lipinski definition) is 0. The van der Waals surface area contributed by atoms with Gasteiger partial charge in [-0.1, -0.05) is 17.7 Å². The average molecular weight is 202 g/mol. The summed E-state index contributed by atoms with van der Waals surface area (Å²) in [5.74, 6) is 0.775. The van der Waals surface area contributed by atoms with Gasteiger partial charge in [-0.2, -0.15) is 0 Å². The second-order valence-corrected chi connectivity index (χ2v) is 4.12. The molecule has 0 unspecified atom stereocenters. The van der Waals surface area contributed by atoms with Crippen molar-refractivity contribution in [2.75, 3.05) is 26.2 Å². The molecular weight excluding hydrogens is 186 g/mol. The summed E-state index contributed by atoms with van der Waals surface area (Å²) in [6, 6.07) is 0. The molecular formula is C10H16ClNO. The third-order valence-electron chi connectivity index (χ3n) is 3.02. The Morgan fingerprint density at radius 3 is 3.23 bits per heavy atom. The van der Waals surface area contributed by atoms with Gasteiger partial charge in [-0.15, -0.1) is 0 Å². The highest BCUT2D eigenvalue weighted by atomic mass is 35.5. The third kappa shape index (κ3) is 2.25. The van der Waals surface area contributed by atoms with Crippen molar-refractivity contribution in [3.8, 4) is 0 Å². The van der Waals surface area contributed by atoms with Crippen LogP contribution in [0.5, 0.6) is 0 Å². The largest absolute Gasteiger partial charge is 0.378 e. The molecule has 0 N–H and O–H groups in total. The van der Waals surface area contributed by atoms with Crippen LogP contribution in [0, 0.1) is 5.92 Å². The molecule has 0 amide bonds. The Morgan fingerprint density at radius 1 is 1.46 bits per heavy atom. The molecule has 0 spiro atoms. The number of hydrogen-bond acceptors (Lipinski definition) is 2. The fraction of sp³-hybridized carbons (Fsp3) is 0.800. The van der Waals surface area contributed by atoms with Crippen LogP contribution in [0.2, 0.25) is 0 Å². The van der Waals surface area contributed by atoms with Gasteiger partial charge in [0.2, 0.25) is 0 Å². The van der Waals surface area contributed by atoms with Gasteiger partial charge in [-0.05, 0) is 12.8 Å². The molecule has 0 saturated carbocycles. The molecule has 2 aliphatic heterocycles. The first-order valence-corrected chi connectivity index (χ1v) is 5.43. The van der Waals surface area contributed by atoms with Crippen LogP contribution in [0.25, 0.3) is 0 Å². The van der Waals surface area contributed by atoms with Gasteiger partial charge in [0.25, 0.3) is 0 Å². The van der Waals surface area contributed by atoms with Crippen LogP contribution in [0.3, 0.4) is 0 Å². The van der Waals surface area contributed by atoms with Crippen LogP contribution in [-0.2, 0) is 4.74 Å². The highest BCUT2D eigenvalue weighted by Gasteiger charge is 2.33. The van der Waals surface area contributed by atoms with Crippen LogP contribution in [0.1, 0.15) is 12.8 Å². The van der Waals surface area contributed by atoms with Gasteiger partial charge in [-0.25, -0.2) is 0 Å². The molecule has 2 saturated heterocycles. The Balaban J connectivity index is 1.82. The zero-order valence-electron chi connectivity index (χ0n) is 7.79. The number of ether oxygens (including phenoxy) is 1. The normalized spacial score (nSPS) is 35.5. The second kappa shape index (κ2) is 4.45. The Bertz CT molecular complexity index is 195. The van der Waals surface area contributed by atoms with E-state index in [1.54, 1.807) is 5.54 Å². The van der Waals surface area contributed by atoms with E-state index in [-0.39, 0.29) is 0 Å². The van der Waals surface area contributed by atoms with Gasteiger partial charge in [0, 0.05) is 37.7 Å². The topological polar surface area (TPSA) is 12.5 Å². The summed E-state index contributed by atoms with van der Waals surface area (Å²) in [4.78, 5) is 2.45. The maximum absolute atomic E-state index is 5.64. The number of nitrogens with zero attached hydrogens (tertiary/aromatic N) is 1. The number of likely N-dealkylation sites (tertiary alicyclic amines) is 1. The number of piperidine rings is 1. The minimum Gasteiger partial charge on any atom is -0.378 e. The first kappa shape index (κ1) is 9.50. The molecule has 0 aromatic carbocycles. The van der Waals surface area contributed by atoms with Crippen LogP contribution in [-0.4, -0.2) is 37.2 Å². The van der Waals surface area contributed by atoms with Crippen LogP contribution in [0.15, 0.2) is 11.6 Å². The molecule has 0 aliphatic carbocycles. The van der Waals surface area contributed by atoms with Crippen molar-refractivity contribution in [1.29, 1.82) is 0 Å². The highest BCUT2D eigenvalue weighted by Crippen LogP contribution is 2.28. The minimum absolute atomic E-state index is 0.552. The molecule has 0 bridgehead atoms. The highest BCUT2D eigenvalue weighted by molar-refractivity contribution is 6.25. The lowest BCUT2D eigenvalue weighted by Crippen LogP contribution is -2.41. The predicted molar refractivity (Wildman–Crippen MR) is 53.9 cm³/mol. The number of halogens is 1. The first-order valence-electron chi connectivity index (χ1n) is 4.99. The van der Waals surface area contributed by atoms with E-state index < -0.39 is 0 Å². The van der Waals surface area contributed by atoms with E-state index in [0.29, 0.717) is 6.10 Å². The monoisotopic (exact) mass is 201 g/mol. The fourth-order valence-corrected chi connectivity index (χ4v) is 2.39. The number of rotatable bonds is 2. The van der Waals surface area contributed by atoms with E-state index in [9.17, 15) is 0 Å². The lowest BCUT2D eigenvalue weighted by molar-refractivity contribution is 0.0387. The van der Waals surface area contributed by atoms with E-state index in [2.05, 4.69) is 4.90 Å². The van der Waals surface area contributed by atoms with Crippen molar-refractivity contribution in [2.45, 2.75) is 18.9 Å². The third-order valence-corrected chi connectivity index (χ3v) is 3.20. The van der Waals surface area contributed by atoms with Gasteiger partial charge >= 0.3 is 0 Å². The zero-order valence-corrected chi connectivity index (χ0v) is 8.54. The molecule has 2 rings (SSSR count). The van der Waals surface area contributed by atoms with Gasteiger partial charge in [0.15, 0.2) is 0 Å². The minimum atomic E-state index is 0.552. The molecule has 13 heavy (non-hydrogen) atoms. The number of fused-ring (bicyclic) bond motifs is 1. The van der Waals surface area contributed by atoms with Crippen molar-refractivity contribution in [3.63, 3.8) is 0 Å². The molecule has 2 heterocycles. The molecule has 74 valence electrons. The smallest absolute Gasteiger partial charge is 0.0628 e. The average Bonchev–Trinajstić information content (AvgIpc) is 2.61. The van der Waals surface area contributed by atoms with E-state index >= 15 is 0 Å². The van der Waals surface area contributed by atoms with E-state index in [1.807, 2.05) is 6.08 Å². The first-order chi connectivity index (χ1) is 6.40. The lowest BCUT2D eigenvalue weighted by Gasteiger charge is -2.33. The molecule has 0 aromatic heterocycles. The fourth-order valence-electron chi connectivity index (χ4n) is 2.31. The summed E-state index contributed by atoms with van der Waals surface area (Å²) in [5, 5.41) is 0. The van der Waals surface area contributed by atoms with Gasteiger partial charge in [-0.3, -0.25) is 4.90 Å². The summed E-state index contributed by atoms with van der Waals surface area (Å²) in [6.07, 6.45) is 5.00. The summed E-state index contributed by atoms with van der Waals surface area (Å²) >= 11 is 5.50. The Kier molecular flexibility index (Phi) is 3.25. The van der Waals surface area contributed by atoms with E-state index in [4.69, 9.17) is 16.3 Å². The van der Waals surface area contributed by atoms with Gasteiger partial charge in [0.05, 0.1) is 6.10 Å². The van der Waals surface area contributed by atoms with Crippen molar-refractivity contribution >= 4 is 11.6 Å². The SMILES string of the molecule is Cl/C=C/CN1CC[C@H]2OCC[C@H]2C1. The molecule has 2 fully saturated rings. The quantitative estimate of drug-likeness (QED) is 0.676. The molecule has 2 nitrogen and oxygen atoms in total. The molecule has 2 atom stereocenters. The molecule has 0 aromatic rings. The zero-order chi connectivity index (χ0) is 9.10. The molecule has 3 heteroatoms. The van der Waals surface area contributed by atoms with Crippen LogP contribution < -0.4 is 0 Å². The Morgan fingerprint density at radius 2 is 2.38 bits per heavy atom. The Hall–Kier alpha value is -0.0500. The Labute approximate surface area is 84.5 Å². The molecule has 2 aliphatic rings. The van der Waals surface area contributed by atoms with Gasteiger partial charge in [0.1, 0.15) is 0 Å². The summed E-state index contributed by atoms with van der Waals surface area (Å²) < 4.78 is 5.64. The predicted octanol–water partition coefficient (Wildman–Crippen LogP) is 1.85. The van der Waals surface area contributed by atoms with Crippen molar-refractivity contribution < 1.29 is 4.74 Å². The summed E-state index contributed by atoms with van der Waals surface area (Å²) in [6.45, 7) is 4.30. The maximum Gasteiger partial charge on any atom is 0.0628 e. The van der Waals surface area contributed by atoms with Crippen molar-refractivity contribution in [2.24, 2.45) is 5.92 Å². The standard InChI is InChI=1S/C10H16ClNO/c11-4-1-5-12-6-2-10-9(8-12)3-7-13-10/h1,4,9-10H,2-3,5-8H2/b4-1+/t9-,10+/m0/s1. The second-order valence-electron chi connectivity index (χ2n) is 3.87. The van der Waals surface area contributed by atoms with Crippen molar-refractivity contribution in [1.82, 2.24) is 4.90 Å². The maximum atomic E-state index is 5.64. The van der Waals surface area contributed by atoms with E-state index in [0.717, 1.165) is 25.6 Å². The van der Waals surface area contributed by atoms with Gasteiger partial charge < -0.3 is 4.74 Å². The lowest BCUT2D eigenvalue weighted by atomic mass is 9.94. The van der Waals surface area contributed by atoms with E-state index in [1.165, 1.54) is 19.4 Å².